The maximum Gasteiger partial charge on any atom is 0.243 e. The fourth-order valence-electron chi connectivity index (χ4n) is 1.89. The third kappa shape index (κ3) is 3.65. The van der Waals surface area contributed by atoms with Gasteiger partial charge in [0.1, 0.15) is 10.7 Å². The van der Waals surface area contributed by atoms with Crippen LogP contribution in [0.25, 0.3) is 0 Å². The molecule has 102 valence electrons. The van der Waals surface area contributed by atoms with Crippen LogP contribution in [-0.4, -0.2) is 27.5 Å². The summed E-state index contributed by atoms with van der Waals surface area (Å²) in [5, 5.41) is 3.14. The van der Waals surface area contributed by atoms with Gasteiger partial charge in [-0.1, -0.05) is 12.1 Å². The highest BCUT2D eigenvalue weighted by molar-refractivity contribution is 7.89. The summed E-state index contributed by atoms with van der Waals surface area (Å²) in [5.41, 5.74) is 0. The number of piperidine rings is 1. The summed E-state index contributed by atoms with van der Waals surface area (Å²) in [6.45, 7) is 1.56. The second-order valence-corrected chi connectivity index (χ2v) is 5.76. The van der Waals surface area contributed by atoms with Gasteiger partial charge in [0.05, 0.1) is 0 Å². The summed E-state index contributed by atoms with van der Waals surface area (Å²) in [7, 11) is -3.74. The summed E-state index contributed by atoms with van der Waals surface area (Å²) < 4.78 is 39.9. The van der Waals surface area contributed by atoms with E-state index in [0.717, 1.165) is 32.0 Å². The van der Waals surface area contributed by atoms with E-state index >= 15 is 0 Å². The van der Waals surface area contributed by atoms with E-state index in [0.29, 0.717) is 0 Å². The molecule has 0 aliphatic carbocycles. The van der Waals surface area contributed by atoms with Gasteiger partial charge in [-0.25, -0.2) is 17.5 Å². The first-order valence-corrected chi connectivity index (χ1v) is 7.05. The quantitative estimate of drug-likeness (QED) is 0.883. The molecule has 1 saturated heterocycles. The molecule has 0 radical (unpaired) electrons. The molecule has 1 heterocycles. The van der Waals surface area contributed by atoms with Gasteiger partial charge in [0, 0.05) is 6.04 Å². The fourth-order valence-corrected chi connectivity index (χ4v) is 3.27. The van der Waals surface area contributed by atoms with Gasteiger partial charge in [0.2, 0.25) is 10.0 Å². The summed E-state index contributed by atoms with van der Waals surface area (Å²) in [5.74, 6) is -0.714. The van der Waals surface area contributed by atoms with Crippen LogP contribution in [0.1, 0.15) is 12.8 Å². The maximum atomic E-state index is 13.4. The number of rotatable bonds is 3. The molecule has 0 amide bonds. The number of halogens is 2. The first-order chi connectivity index (χ1) is 8.09. The van der Waals surface area contributed by atoms with Crippen molar-refractivity contribution in [2.24, 2.45) is 0 Å². The zero-order valence-corrected chi connectivity index (χ0v) is 11.4. The Kier molecular flexibility index (Phi) is 5.52. The van der Waals surface area contributed by atoms with Crippen LogP contribution < -0.4 is 10.0 Å². The van der Waals surface area contributed by atoms with E-state index in [9.17, 15) is 12.8 Å². The van der Waals surface area contributed by atoms with Gasteiger partial charge in [0.25, 0.3) is 0 Å². The monoisotopic (exact) mass is 294 g/mol. The molecule has 1 aromatic carbocycles. The molecule has 2 N–H and O–H groups in total. The highest BCUT2D eigenvalue weighted by Crippen LogP contribution is 2.15. The van der Waals surface area contributed by atoms with E-state index in [1.54, 1.807) is 0 Å². The SMILES string of the molecule is Cl.O=S(=O)(NC1CCNCC1)c1ccccc1F. The molecule has 1 aliphatic rings. The van der Waals surface area contributed by atoms with Crippen LogP contribution in [0, 0.1) is 5.82 Å². The van der Waals surface area contributed by atoms with Crippen molar-refractivity contribution in [2.75, 3.05) is 13.1 Å². The molecule has 7 heteroatoms. The lowest BCUT2D eigenvalue weighted by molar-refractivity contribution is 0.426. The number of hydrogen-bond acceptors (Lipinski definition) is 3. The summed E-state index contributed by atoms with van der Waals surface area (Å²) in [4.78, 5) is -0.279. The minimum Gasteiger partial charge on any atom is -0.317 e. The zero-order chi connectivity index (χ0) is 12.3. The van der Waals surface area contributed by atoms with E-state index in [1.807, 2.05) is 0 Å². The van der Waals surface area contributed by atoms with Crippen LogP contribution in [0.15, 0.2) is 29.2 Å². The lowest BCUT2D eigenvalue weighted by Gasteiger charge is -2.23. The van der Waals surface area contributed by atoms with Gasteiger partial charge in [-0.05, 0) is 38.1 Å². The highest BCUT2D eigenvalue weighted by Gasteiger charge is 2.23. The second-order valence-electron chi connectivity index (χ2n) is 4.08. The lowest BCUT2D eigenvalue weighted by atomic mass is 10.1. The predicted molar refractivity (Wildman–Crippen MR) is 69.9 cm³/mol. The number of nitrogens with one attached hydrogen (secondary N) is 2. The van der Waals surface area contributed by atoms with E-state index in [-0.39, 0.29) is 23.3 Å². The minimum atomic E-state index is -3.74. The molecule has 1 aromatic rings. The summed E-state index contributed by atoms with van der Waals surface area (Å²) in [6.07, 6.45) is 1.46. The Morgan fingerprint density at radius 2 is 1.83 bits per heavy atom. The van der Waals surface area contributed by atoms with Gasteiger partial charge in [-0.15, -0.1) is 12.4 Å². The Bertz CT molecular complexity index is 490. The van der Waals surface area contributed by atoms with Crippen LogP contribution in [0.3, 0.4) is 0 Å². The topological polar surface area (TPSA) is 58.2 Å². The van der Waals surface area contributed by atoms with Crippen LogP contribution in [-0.2, 0) is 10.0 Å². The number of hydrogen-bond donors (Lipinski definition) is 2. The summed E-state index contributed by atoms with van der Waals surface area (Å²) in [6, 6.07) is 5.30. The Hall–Kier alpha value is -0.690. The van der Waals surface area contributed by atoms with E-state index in [1.165, 1.54) is 18.2 Å². The average Bonchev–Trinajstić information content (AvgIpc) is 2.30. The molecule has 0 spiro atoms. The standard InChI is InChI=1S/C11H15FN2O2S.ClH/c12-10-3-1-2-4-11(10)17(15,16)14-9-5-7-13-8-6-9;/h1-4,9,13-14H,5-8H2;1H. The molecule has 1 fully saturated rings. The molecule has 0 atom stereocenters. The molecule has 0 aromatic heterocycles. The van der Waals surface area contributed by atoms with Crippen LogP contribution in [0.5, 0.6) is 0 Å². The average molecular weight is 295 g/mol. The molecule has 0 bridgehead atoms. The second kappa shape index (κ2) is 6.47. The van der Waals surface area contributed by atoms with Gasteiger partial charge in [0.15, 0.2) is 0 Å². The molecule has 18 heavy (non-hydrogen) atoms. The smallest absolute Gasteiger partial charge is 0.243 e. The predicted octanol–water partition coefficient (Wildman–Crippen LogP) is 1.28. The molecular weight excluding hydrogens is 279 g/mol. The normalized spacial score (nSPS) is 17.2. The van der Waals surface area contributed by atoms with Gasteiger partial charge >= 0.3 is 0 Å². The Balaban J connectivity index is 0.00000162. The van der Waals surface area contributed by atoms with Gasteiger partial charge in [-0.2, -0.15) is 0 Å². The van der Waals surface area contributed by atoms with E-state index in [2.05, 4.69) is 10.0 Å². The Labute approximate surface area is 112 Å². The fraction of sp³-hybridized carbons (Fsp3) is 0.455. The highest BCUT2D eigenvalue weighted by atomic mass is 35.5. The van der Waals surface area contributed by atoms with Crippen LogP contribution in [0.2, 0.25) is 0 Å². The molecule has 0 saturated carbocycles. The van der Waals surface area contributed by atoms with Gasteiger partial charge in [-0.3, -0.25) is 0 Å². The van der Waals surface area contributed by atoms with Crippen molar-refractivity contribution in [1.29, 1.82) is 0 Å². The number of benzene rings is 1. The molecule has 1 aliphatic heterocycles. The number of sulfonamides is 1. The van der Waals surface area contributed by atoms with Crippen molar-refractivity contribution in [1.82, 2.24) is 10.0 Å². The Morgan fingerprint density at radius 1 is 1.22 bits per heavy atom. The molecule has 2 rings (SSSR count). The zero-order valence-electron chi connectivity index (χ0n) is 9.73. The van der Waals surface area contributed by atoms with Crippen molar-refractivity contribution in [3.8, 4) is 0 Å². The lowest BCUT2D eigenvalue weighted by Crippen LogP contribution is -2.42. The van der Waals surface area contributed by atoms with Gasteiger partial charge < -0.3 is 5.32 Å². The third-order valence-corrected chi connectivity index (χ3v) is 4.34. The van der Waals surface area contributed by atoms with Crippen molar-refractivity contribution in [3.05, 3.63) is 30.1 Å². The summed E-state index contributed by atoms with van der Waals surface area (Å²) >= 11 is 0. The van der Waals surface area contributed by atoms with Crippen molar-refractivity contribution >= 4 is 22.4 Å². The van der Waals surface area contributed by atoms with Crippen LogP contribution >= 0.6 is 12.4 Å². The molecular formula is C11H16ClFN2O2S. The van der Waals surface area contributed by atoms with Crippen LogP contribution in [0.4, 0.5) is 4.39 Å². The Morgan fingerprint density at radius 3 is 2.44 bits per heavy atom. The largest absolute Gasteiger partial charge is 0.317 e. The maximum absolute atomic E-state index is 13.4. The molecule has 0 unspecified atom stereocenters. The van der Waals surface area contributed by atoms with Crippen molar-refractivity contribution in [3.63, 3.8) is 0 Å². The molecule has 4 nitrogen and oxygen atoms in total. The van der Waals surface area contributed by atoms with E-state index in [4.69, 9.17) is 0 Å². The minimum absolute atomic E-state index is 0. The van der Waals surface area contributed by atoms with Crippen molar-refractivity contribution < 1.29 is 12.8 Å². The van der Waals surface area contributed by atoms with Crippen molar-refractivity contribution in [2.45, 2.75) is 23.8 Å². The third-order valence-electron chi connectivity index (χ3n) is 2.79. The first kappa shape index (κ1) is 15.4. The first-order valence-electron chi connectivity index (χ1n) is 5.57. The van der Waals surface area contributed by atoms with E-state index < -0.39 is 15.8 Å².